The van der Waals surface area contributed by atoms with Gasteiger partial charge in [0.2, 0.25) is 0 Å². The summed E-state index contributed by atoms with van der Waals surface area (Å²) in [5.74, 6) is -1.50. The second-order valence-corrected chi connectivity index (χ2v) is 32.1. The molecule has 94 heavy (non-hydrogen) atoms. The molecule has 9 aliphatic carbocycles. The zero-order valence-electron chi connectivity index (χ0n) is 48.4. The highest BCUT2D eigenvalue weighted by Gasteiger charge is 3.03. The number of aliphatic imine (C=N–C) groups is 1. The Bertz CT molecular complexity index is 9030. The van der Waals surface area contributed by atoms with Gasteiger partial charge in [-0.1, -0.05) is 78.9 Å². The maximum absolute atomic E-state index is 17.9. The minimum atomic E-state index is -1.96. The van der Waals surface area contributed by atoms with Gasteiger partial charge in [0.1, 0.15) is 24.5 Å². The van der Waals surface area contributed by atoms with Crippen LogP contribution in [-0.4, -0.2) is 30.7 Å². The molecule has 5 atom stereocenters. The van der Waals surface area contributed by atoms with Crippen molar-refractivity contribution >= 4 is 283 Å². The molecule has 38 rings (SSSR count). The molecule has 27 aromatic carbocycles. The quantitative estimate of drug-likeness (QED) is 0.0758. The lowest BCUT2D eigenvalue weighted by Crippen LogP contribution is -2.64. The smallest absolute Gasteiger partial charge is 0.353 e. The number of methoxy groups -OCH3 is 1. The van der Waals surface area contributed by atoms with Gasteiger partial charge in [0.05, 0.1) is 28.8 Å². The second-order valence-electron chi connectivity index (χ2n) is 32.1. The van der Waals surface area contributed by atoms with E-state index >= 15 is 14.4 Å². The summed E-state index contributed by atoms with van der Waals surface area (Å²) in [7, 11) is 1.53. The topological polar surface area (TPSA) is 91.3 Å². The number of fused-ring (bicyclic) bond motifs is 2. The third-order valence-electron chi connectivity index (χ3n) is 31.5. The number of rotatable bonds is 3. The summed E-state index contributed by atoms with van der Waals surface area (Å²) in [5.41, 5.74) is 4.66. The third-order valence-corrected chi connectivity index (χ3v) is 31.5. The molecule has 0 saturated heterocycles. The molecule has 5 unspecified atom stereocenters. The normalized spacial score (nSPS) is 26.8. The number of carbonyl (C=O) groups excluding carboxylic acids is 3. The highest BCUT2D eigenvalue weighted by molar-refractivity contribution is 6.79. The molecule has 2 aliphatic heterocycles. The van der Waals surface area contributed by atoms with E-state index < -0.39 is 50.5 Å². The van der Waals surface area contributed by atoms with Gasteiger partial charge >= 0.3 is 17.9 Å². The Hall–Kier alpha value is -11.5. The average Bonchev–Trinajstić information content (AvgIpc) is 1.35. The van der Waals surface area contributed by atoms with Gasteiger partial charge in [-0.15, -0.1) is 0 Å². The van der Waals surface area contributed by atoms with Crippen LogP contribution < -0.4 is 10.4 Å². The molecule has 27 aromatic rings. The van der Waals surface area contributed by atoms with E-state index in [9.17, 15) is 0 Å². The van der Waals surface area contributed by atoms with Crippen LogP contribution in [-0.2, 0) is 69.0 Å². The SMILES string of the molecule is COC(=O)C12C(=O)OCc3cccc(c3)COC(=O)C3=NC(c4ccccc4)(c4ccccc4)C45c6c7c8c9c%10c%11c%12c%13c%14c%15c%16c%17c%18c(c%19c%20c4c4c6c6c%21c7c9c7c%11c9c%13c%11c%14c%13c%14c%15c%17c%19c%15c%20c%17c4c4c6c6c%21c7c9c7c%11c9c%13c(c%15%14)c%17c4c9c67)C35C=8C=%18C%101C%16%122. The first-order chi connectivity index (χ1) is 46.5. The molecule has 2 heterocycles. The van der Waals surface area contributed by atoms with E-state index in [1.165, 1.54) is 271 Å². The molecule has 410 valence electrons. The lowest BCUT2D eigenvalue weighted by molar-refractivity contribution is -0.165. The molecule has 0 N–H and O–H groups in total. The summed E-state index contributed by atoms with van der Waals surface area (Å²) in [5, 5.41) is 65.5. The molecule has 11 aliphatic rings. The lowest BCUT2D eigenvalue weighted by Gasteiger charge is -2.57. The second kappa shape index (κ2) is 9.43. The van der Waals surface area contributed by atoms with Crippen LogP contribution in [0.1, 0.15) is 55.6 Å². The number of carbonyl (C=O) groups is 3. The van der Waals surface area contributed by atoms with Crippen molar-refractivity contribution in [3.05, 3.63) is 151 Å². The highest BCUT2D eigenvalue weighted by atomic mass is 16.6. The molecule has 6 bridgehead atoms. The minimum absolute atomic E-state index is 0.0211. The van der Waals surface area contributed by atoms with E-state index in [1.807, 2.05) is 24.3 Å². The van der Waals surface area contributed by atoms with Crippen molar-refractivity contribution in [3.8, 4) is 0 Å². The first-order valence-corrected chi connectivity index (χ1v) is 33.8. The summed E-state index contributed by atoms with van der Waals surface area (Å²) in [6.07, 6.45) is 0. The van der Waals surface area contributed by atoms with Crippen LogP contribution in [0, 0.1) is 5.41 Å². The molecule has 1 saturated carbocycles. The summed E-state index contributed by atoms with van der Waals surface area (Å²) in [6, 6.07) is 30.3. The van der Waals surface area contributed by atoms with Crippen molar-refractivity contribution in [2.75, 3.05) is 7.11 Å². The van der Waals surface area contributed by atoms with Crippen molar-refractivity contribution in [3.63, 3.8) is 0 Å². The van der Waals surface area contributed by atoms with Crippen LogP contribution in [0.25, 0.3) is 259 Å². The van der Waals surface area contributed by atoms with Crippen molar-refractivity contribution in [1.29, 1.82) is 0 Å². The standard InChI is InChI=1S/C87H21NO6/c1-92-80(90)86-81(91)94-17-19-10-8-9-18(15-19)16-93-79(89)78-82-70-60-52-43-36-27-25-23-22-24-26-28(23)40-41-35(25)37(36)51-55(52)66-69(70)77-76(82)67-64-53-44-32(34-33(26)45-47(40)59-57(41)58(51)73(66)84(86)74(59)68-56(45)46(34)54(53)65(67)75(68)85(77,84)86)30(24)39-38-29(22)31(27)42-48(38)62-63(49(39)44)72(64)83(82,71(62)61(60)50(42)43)87(88-78,20-11-4-2-5-12-20)21-13-6-3-7-14-21/h2-15H,16-17H2,1H3. The largest absolute Gasteiger partial charge is 0.468 e. The predicted molar refractivity (Wildman–Crippen MR) is 368 cm³/mol. The maximum atomic E-state index is 17.9. The molecule has 0 amide bonds. The molecule has 7 heteroatoms. The first kappa shape index (κ1) is 39.0. The van der Waals surface area contributed by atoms with Gasteiger partial charge in [0.15, 0.2) is 5.41 Å². The Morgan fingerprint density at radius 3 is 1.18 bits per heavy atom. The third kappa shape index (κ3) is 2.24. The van der Waals surface area contributed by atoms with Crippen LogP contribution in [0.2, 0.25) is 0 Å². The number of cyclic esters (lactones) is 2. The fourth-order valence-electron chi connectivity index (χ4n) is 31.1. The molecule has 0 aromatic heterocycles. The average molecular weight is 1180 g/mol. The number of benzene rings is 18. The highest BCUT2D eigenvalue weighted by Crippen LogP contribution is 2.98. The van der Waals surface area contributed by atoms with Crippen molar-refractivity contribution in [2.24, 2.45) is 10.4 Å². The van der Waals surface area contributed by atoms with E-state index in [2.05, 4.69) is 60.7 Å². The van der Waals surface area contributed by atoms with Gasteiger partial charge in [0.25, 0.3) is 0 Å². The summed E-state index contributed by atoms with van der Waals surface area (Å²) < 4.78 is 21.2. The van der Waals surface area contributed by atoms with Gasteiger partial charge in [-0.2, -0.15) is 0 Å². The fourth-order valence-corrected chi connectivity index (χ4v) is 31.1. The van der Waals surface area contributed by atoms with Gasteiger partial charge in [0, 0.05) is 0 Å². The van der Waals surface area contributed by atoms with Crippen LogP contribution >= 0.6 is 0 Å². The molecule has 4 spiro atoms. The van der Waals surface area contributed by atoms with E-state index in [-0.39, 0.29) is 13.2 Å². The number of ether oxygens (including phenoxy) is 3. The van der Waals surface area contributed by atoms with Gasteiger partial charge in [-0.3, -0.25) is 14.6 Å². The van der Waals surface area contributed by atoms with Crippen molar-refractivity contribution < 1.29 is 28.6 Å². The molecular formula is C87H21NO6. The monoisotopic (exact) mass is 1180 g/mol. The molecule has 1 fully saturated rings. The van der Waals surface area contributed by atoms with E-state index in [4.69, 9.17) is 19.2 Å². The number of nitrogens with zero attached hydrogens (tertiary/aromatic N) is 1. The zero-order valence-corrected chi connectivity index (χ0v) is 48.4. The minimum Gasteiger partial charge on any atom is -0.468 e. The summed E-state index contributed by atoms with van der Waals surface area (Å²) in [4.78, 5) is 60.0. The Balaban J connectivity index is 1.00. The number of hydrogen-bond acceptors (Lipinski definition) is 7. The Morgan fingerprint density at radius 1 is 0.362 bits per heavy atom. The molecular weight excluding hydrogens is 1150 g/mol. The van der Waals surface area contributed by atoms with Gasteiger partial charge in [-0.05, 0) is 331 Å². The molecule has 0 radical (unpaired) electrons. The van der Waals surface area contributed by atoms with Crippen LogP contribution in [0.15, 0.2) is 89.9 Å². The van der Waals surface area contributed by atoms with Gasteiger partial charge < -0.3 is 14.2 Å². The fraction of sp³-hybridized carbons (Fsp3) is 0.103. The Morgan fingerprint density at radius 2 is 0.713 bits per heavy atom. The van der Waals surface area contributed by atoms with E-state index in [0.29, 0.717) is 5.71 Å². The van der Waals surface area contributed by atoms with Crippen LogP contribution in [0.5, 0.6) is 0 Å². The van der Waals surface area contributed by atoms with Crippen LogP contribution in [0.4, 0.5) is 0 Å². The summed E-state index contributed by atoms with van der Waals surface area (Å²) >= 11 is 0. The number of esters is 3. The molecule has 7 nitrogen and oxygen atoms in total. The first-order valence-electron chi connectivity index (χ1n) is 33.8. The summed E-state index contributed by atoms with van der Waals surface area (Å²) in [6.45, 7) is -0.0983. The Labute approximate surface area is 517 Å². The van der Waals surface area contributed by atoms with Crippen molar-refractivity contribution in [1.82, 2.24) is 0 Å². The lowest BCUT2D eigenvalue weighted by atomic mass is 9.41. The van der Waals surface area contributed by atoms with Crippen LogP contribution in [0.3, 0.4) is 0 Å². The van der Waals surface area contributed by atoms with Gasteiger partial charge in [-0.25, -0.2) is 4.79 Å². The predicted octanol–water partition coefficient (Wildman–Crippen LogP) is 16.3. The zero-order chi connectivity index (χ0) is 58.1. The van der Waals surface area contributed by atoms with Crippen molar-refractivity contribution in [2.45, 2.75) is 40.4 Å². The van der Waals surface area contributed by atoms with E-state index in [0.717, 1.165) is 60.9 Å². The maximum Gasteiger partial charge on any atom is 0.353 e. The Kier molecular flexibility index (Phi) is 3.91. The number of hydrogen-bond donors (Lipinski definition) is 0. The van der Waals surface area contributed by atoms with E-state index in [1.54, 1.807) is 0 Å².